The van der Waals surface area contributed by atoms with Crippen molar-refractivity contribution in [3.63, 3.8) is 0 Å². The first-order chi connectivity index (χ1) is 6.33. The zero-order chi connectivity index (χ0) is 11.2. The highest BCUT2D eigenvalue weighted by Gasteiger charge is 1.88. The van der Waals surface area contributed by atoms with E-state index in [1.54, 1.807) is 0 Å². The third-order valence-corrected chi connectivity index (χ3v) is 1.45. The van der Waals surface area contributed by atoms with Crippen LogP contribution in [0.5, 0.6) is 0 Å². The number of benzene rings is 1. The quantitative estimate of drug-likeness (QED) is 0.535. The van der Waals surface area contributed by atoms with Gasteiger partial charge >= 0.3 is 0 Å². The van der Waals surface area contributed by atoms with Gasteiger partial charge in [0.1, 0.15) is 0 Å². The van der Waals surface area contributed by atoms with Crippen molar-refractivity contribution in [1.82, 2.24) is 0 Å². The SMILES string of the molecule is O=S(=O)([O-])O.[NH3+]Cc1ccc(Cl)cc1. The van der Waals surface area contributed by atoms with Crippen molar-refractivity contribution in [1.29, 1.82) is 0 Å². The van der Waals surface area contributed by atoms with Crippen molar-refractivity contribution < 1.29 is 23.3 Å². The fourth-order valence-corrected chi connectivity index (χ4v) is 0.777. The third-order valence-electron chi connectivity index (χ3n) is 1.20. The molecule has 0 spiro atoms. The number of quaternary nitrogens is 1. The highest BCUT2D eigenvalue weighted by molar-refractivity contribution is 7.79. The van der Waals surface area contributed by atoms with Gasteiger partial charge in [0.05, 0.1) is 6.54 Å². The minimum absolute atomic E-state index is 0.784. The molecular formula is C7H10ClNO4S. The molecule has 1 aromatic carbocycles. The van der Waals surface area contributed by atoms with Crippen LogP contribution in [-0.2, 0) is 16.9 Å². The maximum Gasteiger partial charge on any atom is 0.215 e. The van der Waals surface area contributed by atoms with E-state index in [9.17, 15) is 0 Å². The van der Waals surface area contributed by atoms with E-state index in [1.807, 2.05) is 24.3 Å². The molecule has 0 aliphatic rings. The predicted molar refractivity (Wildman–Crippen MR) is 50.4 cm³/mol. The molecule has 0 aliphatic carbocycles. The molecule has 80 valence electrons. The summed E-state index contributed by atoms with van der Waals surface area (Å²) in [4.78, 5) is 0. The summed E-state index contributed by atoms with van der Waals surface area (Å²) in [6, 6.07) is 7.72. The molecular weight excluding hydrogens is 230 g/mol. The topological polar surface area (TPSA) is 105 Å². The molecule has 14 heavy (non-hydrogen) atoms. The molecule has 5 nitrogen and oxygen atoms in total. The molecule has 0 amide bonds. The van der Waals surface area contributed by atoms with Gasteiger partial charge in [0.25, 0.3) is 0 Å². The van der Waals surface area contributed by atoms with Gasteiger partial charge in [-0.25, -0.2) is 8.42 Å². The Bertz CT molecular complexity index is 354. The number of hydrogen-bond donors (Lipinski definition) is 2. The summed E-state index contributed by atoms with van der Waals surface area (Å²) in [7, 11) is -4.92. The minimum atomic E-state index is -4.92. The van der Waals surface area contributed by atoms with Crippen molar-refractivity contribution in [3.8, 4) is 0 Å². The van der Waals surface area contributed by atoms with Crippen LogP contribution in [0.25, 0.3) is 0 Å². The maximum absolute atomic E-state index is 8.63. The molecule has 1 rings (SSSR count). The van der Waals surface area contributed by atoms with Crippen LogP contribution in [0, 0.1) is 0 Å². The van der Waals surface area contributed by atoms with Gasteiger partial charge in [0, 0.05) is 10.6 Å². The molecule has 0 saturated heterocycles. The van der Waals surface area contributed by atoms with E-state index >= 15 is 0 Å². The second-order valence-corrected chi connectivity index (χ2v) is 3.60. The maximum atomic E-state index is 8.63. The zero-order valence-corrected chi connectivity index (χ0v) is 8.75. The number of hydrogen-bond acceptors (Lipinski definition) is 3. The van der Waals surface area contributed by atoms with Gasteiger partial charge in [-0.1, -0.05) is 23.7 Å². The highest BCUT2D eigenvalue weighted by atomic mass is 35.5. The molecule has 0 heterocycles. The Balaban J connectivity index is 0.000000292. The summed E-state index contributed by atoms with van der Waals surface area (Å²) < 4.78 is 32.8. The molecule has 4 N–H and O–H groups in total. The summed E-state index contributed by atoms with van der Waals surface area (Å²) >= 11 is 5.65. The van der Waals surface area contributed by atoms with Gasteiger partial charge < -0.3 is 10.3 Å². The van der Waals surface area contributed by atoms with Crippen LogP contribution < -0.4 is 5.73 Å². The molecule has 0 atom stereocenters. The first-order valence-corrected chi connectivity index (χ1v) is 5.29. The van der Waals surface area contributed by atoms with Crippen LogP contribution in [0.4, 0.5) is 0 Å². The molecule has 7 heteroatoms. The Morgan fingerprint density at radius 1 is 1.36 bits per heavy atom. The van der Waals surface area contributed by atoms with Crippen LogP contribution in [0.1, 0.15) is 5.56 Å². The lowest BCUT2D eigenvalue weighted by molar-refractivity contribution is -0.386. The first-order valence-electron chi connectivity index (χ1n) is 3.55. The van der Waals surface area contributed by atoms with E-state index in [0.717, 1.165) is 11.6 Å². The molecule has 0 radical (unpaired) electrons. The second kappa shape index (κ2) is 5.94. The van der Waals surface area contributed by atoms with Crippen molar-refractivity contribution in [2.75, 3.05) is 0 Å². The smallest absolute Gasteiger partial charge is 0.215 e. The minimum Gasteiger partial charge on any atom is -0.726 e. The number of halogens is 1. The van der Waals surface area contributed by atoms with Crippen LogP contribution >= 0.6 is 11.6 Å². The molecule has 0 aliphatic heterocycles. The van der Waals surface area contributed by atoms with Gasteiger partial charge in [-0.15, -0.1) is 0 Å². The van der Waals surface area contributed by atoms with Crippen LogP contribution in [-0.4, -0.2) is 17.5 Å². The van der Waals surface area contributed by atoms with Crippen LogP contribution in [0.15, 0.2) is 24.3 Å². The Labute approximate surface area is 87.1 Å². The van der Waals surface area contributed by atoms with E-state index in [2.05, 4.69) is 5.73 Å². The number of rotatable bonds is 1. The van der Waals surface area contributed by atoms with Gasteiger partial charge in [-0.3, -0.25) is 4.55 Å². The lowest BCUT2D eigenvalue weighted by atomic mass is 10.2. The summed E-state index contributed by atoms with van der Waals surface area (Å²) in [5.74, 6) is 0. The summed E-state index contributed by atoms with van der Waals surface area (Å²) in [6.45, 7) is 0.831. The third kappa shape index (κ3) is 9.43. The molecule has 0 aromatic heterocycles. The monoisotopic (exact) mass is 239 g/mol. The lowest BCUT2D eigenvalue weighted by Crippen LogP contribution is -2.47. The van der Waals surface area contributed by atoms with E-state index in [-0.39, 0.29) is 0 Å². The van der Waals surface area contributed by atoms with E-state index in [1.165, 1.54) is 5.56 Å². The Morgan fingerprint density at radius 3 is 2.00 bits per heavy atom. The molecule has 1 aromatic rings. The molecule has 0 fully saturated rings. The van der Waals surface area contributed by atoms with Gasteiger partial charge in [0.15, 0.2) is 0 Å². The van der Waals surface area contributed by atoms with Gasteiger partial charge in [0.2, 0.25) is 10.4 Å². The zero-order valence-electron chi connectivity index (χ0n) is 7.18. The molecule has 0 unspecified atom stereocenters. The average molecular weight is 240 g/mol. The Morgan fingerprint density at radius 2 is 1.71 bits per heavy atom. The van der Waals surface area contributed by atoms with Crippen LogP contribution in [0.3, 0.4) is 0 Å². The van der Waals surface area contributed by atoms with Crippen molar-refractivity contribution in [3.05, 3.63) is 34.9 Å². The molecule has 0 bridgehead atoms. The van der Waals surface area contributed by atoms with E-state index in [4.69, 9.17) is 29.1 Å². The summed E-state index contributed by atoms with van der Waals surface area (Å²) in [5, 5.41) is 0.784. The van der Waals surface area contributed by atoms with Gasteiger partial charge in [-0.2, -0.15) is 0 Å². The second-order valence-electron chi connectivity index (χ2n) is 2.30. The fourth-order valence-electron chi connectivity index (χ4n) is 0.651. The summed E-state index contributed by atoms with van der Waals surface area (Å²) in [6.07, 6.45) is 0. The standard InChI is InChI=1S/C7H8ClN.H2O4S/c8-7-3-1-6(5-9)2-4-7;1-5(2,3)4/h1-4H,5,9H2;(H2,1,2,3,4). The van der Waals surface area contributed by atoms with E-state index in [0.29, 0.717) is 0 Å². The average Bonchev–Trinajstić information content (AvgIpc) is 2.03. The highest BCUT2D eigenvalue weighted by Crippen LogP contribution is 2.07. The molecule has 0 saturated carbocycles. The predicted octanol–water partition coefficient (Wildman–Crippen LogP) is 0.0865. The Kier molecular flexibility index (Phi) is 5.66. The van der Waals surface area contributed by atoms with Crippen molar-refractivity contribution in [2.24, 2.45) is 0 Å². The normalized spacial score (nSPS) is 10.3. The lowest BCUT2D eigenvalue weighted by Gasteiger charge is -1.91. The summed E-state index contributed by atoms with van der Waals surface area (Å²) in [5.41, 5.74) is 4.96. The fraction of sp³-hybridized carbons (Fsp3) is 0.143. The van der Waals surface area contributed by atoms with E-state index < -0.39 is 10.4 Å². The first kappa shape index (κ1) is 13.3. The van der Waals surface area contributed by atoms with Crippen molar-refractivity contribution >= 4 is 22.0 Å². The largest absolute Gasteiger partial charge is 0.726 e. The van der Waals surface area contributed by atoms with Crippen LogP contribution in [0.2, 0.25) is 5.02 Å². The Hall–Kier alpha value is -0.660. The van der Waals surface area contributed by atoms with Crippen molar-refractivity contribution in [2.45, 2.75) is 6.54 Å². The van der Waals surface area contributed by atoms with Gasteiger partial charge in [-0.05, 0) is 12.1 Å².